The van der Waals surface area contributed by atoms with Crippen LogP contribution in [0.4, 0.5) is 13.2 Å². The van der Waals surface area contributed by atoms with Crippen molar-refractivity contribution in [2.75, 3.05) is 7.11 Å². The number of alkyl halides is 3. The number of hydrogen-bond donors (Lipinski definition) is 0. The van der Waals surface area contributed by atoms with Gasteiger partial charge in [0.2, 0.25) is 5.82 Å². The van der Waals surface area contributed by atoms with Gasteiger partial charge in [-0.25, -0.2) is 5.06 Å². The number of nitrogens with zero attached hydrogens (tertiary/aromatic N) is 3. The van der Waals surface area contributed by atoms with E-state index in [-0.39, 0.29) is 11.7 Å². The van der Waals surface area contributed by atoms with Crippen LogP contribution >= 0.6 is 0 Å². The monoisotopic (exact) mass is 369 g/mol. The van der Waals surface area contributed by atoms with E-state index in [4.69, 9.17) is 4.84 Å². The summed E-state index contributed by atoms with van der Waals surface area (Å²) < 4.78 is 41.8. The second-order valence-electron chi connectivity index (χ2n) is 5.50. The van der Waals surface area contributed by atoms with Gasteiger partial charge < -0.3 is 4.52 Å². The number of hydroxylamine groups is 2. The van der Waals surface area contributed by atoms with Crippen LogP contribution in [0.15, 0.2) is 40.4 Å². The van der Waals surface area contributed by atoms with Crippen LogP contribution in [0.3, 0.4) is 0 Å². The molecule has 0 aliphatic rings. The van der Waals surface area contributed by atoms with Crippen molar-refractivity contribution in [2.45, 2.75) is 33.0 Å². The molecule has 0 aliphatic heterocycles. The van der Waals surface area contributed by atoms with Crippen LogP contribution in [-0.2, 0) is 15.8 Å². The van der Waals surface area contributed by atoms with Crippen LogP contribution < -0.4 is 0 Å². The summed E-state index contributed by atoms with van der Waals surface area (Å²) in [6, 6.07) is 6.02. The normalized spacial score (nSPS) is 13.6. The molecule has 1 heterocycles. The number of halogens is 3. The molecule has 0 saturated heterocycles. The molecule has 2 rings (SSSR count). The summed E-state index contributed by atoms with van der Waals surface area (Å²) in [6.07, 6.45) is -3.01. The lowest BCUT2D eigenvalue weighted by Crippen LogP contribution is -2.33. The van der Waals surface area contributed by atoms with Crippen LogP contribution in [0.2, 0.25) is 0 Å². The lowest BCUT2D eigenvalue weighted by molar-refractivity contribution is -0.183. The maximum atomic E-state index is 12.5. The quantitative estimate of drug-likeness (QED) is 0.584. The van der Waals surface area contributed by atoms with E-state index in [0.717, 1.165) is 5.56 Å². The smallest absolute Gasteiger partial charge is 0.329 e. The number of carbonyl (C=O) groups excluding carboxylic acids is 1. The van der Waals surface area contributed by atoms with E-state index in [1.165, 1.54) is 12.2 Å². The minimum absolute atomic E-state index is 0.166. The third-order valence-electron chi connectivity index (χ3n) is 3.84. The zero-order valence-corrected chi connectivity index (χ0v) is 14.7. The van der Waals surface area contributed by atoms with Crippen LogP contribution in [-0.4, -0.2) is 28.2 Å². The predicted octanol–water partition coefficient (Wildman–Crippen LogP) is 4.17. The zero-order chi connectivity index (χ0) is 19.5. The van der Waals surface area contributed by atoms with Crippen molar-refractivity contribution in [2.24, 2.45) is 0 Å². The van der Waals surface area contributed by atoms with Crippen LogP contribution in [0.25, 0.3) is 11.4 Å². The standard InChI is InChI=1S/C17H18F3N3O3/c1-5-10(2)15(24)23(25-4)11(3)12-6-8-13(9-7-12)14-21-16(26-22-14)17(18,19)20/h5-9,11H,1-4H3/b10-5+. The molecule has 1 amide bonds. The molecule has 0 radical (unpaired) electrons. The highest BCUT2D eigenvalue weighted by Crippen LogP contribution is 2.30. The van der Waals surface area contributed by atoms with E-state index in [1.807, 2.05) is 0 Å². The Morgan fingerprint density at radius 1 is 1.31 bits per heavy atom. The molecule has 0 saturated carbocycles. The van der Waals surface area contributed by atoms with Crippen molar-refractivity contribution >= 4 is 5.91 Å². The molecule has 1 atom stereocenters. The minimum atomic E-state index is -4.69. The number of amides is 1. The lowest BCUT2D eigenvalue weighted by atomic mass is 10.0. The topological polar surface area (TPSA) is 68.5 Å². The molecule has 0 bridgehead atoms. The summed E-state index contributed by atoms with van der Waals surface area (Å²) in [6.45, 7) is 5.20. The predicted molar refractivity (Wildman–Crippen MR) is 86.4 cm³/mol. The number of rotatable bonds is 5. The molecule has 1 aromatic carbocycles. The summed E-state index contributed by atoms with van der Waals surface area (Å²) in [4.78, 5) is 20.8. The van der Waals surface area contributed by atoms with Gasteiger partial charge in [-0.15, -0.1) is 0 Å². The molecule has 0 spiro atoms. The summed E-state index contributed by atoms with van der Waals surface area (Å²) in [5.74, 6) is -1.84. The van der Waals surface area contributed by atoms with E-state index in [2.05, 4.69) is 14.7 Å². The second kappa shape index (κ2) is 7.69. The van der Waals surface area contributed by atoms with Gasteiger partial charge in [0.05, 0.1) is 13.2 Å². The third kappa shape index (κ3) is 4.10. The van der Waals surface area contributed by atoms with Crippen molar-refractivity contribution in [3.05, 3.63) is 47.4 Å². The maximum Gasteiger partial charge on any atom is 0.471 e. The number of aromatic nitrogens is 2. The number of carbonyl (C=O) groups is 1. The summed E-state index contributed by atoms with van der Waals surface area (Å²) in [7, 11) is 1.39. The first-order valence-electron chi connectivity index (χ1n) is 7.70. The highest BCUT2D eigenvalue weighted by atomic mass is 19.4. The zero-order valence-electron chi connectivity index (χ0n) is 14.7. The fourth-order valence-electron chi connectivity index (χ4n) is 2.22. The molecular formula is C17H18F3N3O3. The van der Waals surface area contributed by atoms with Gasteiger partial charge in [0, 0.05) is 11.1 Å². The molecule has 0 aliphatic carbocycles. The van der Waals surface area contributed by atoms with Crippen molar-refractivity contribution in [1.82, 2.24) is 15.2 Å². The van der Waals surface area contributed by atoms with Gasteiger partial charge in [-0.3, -0.25) is 9.63 Å². The van der Waals surface area contributed by atoms with Gasteiger partial charge in [-0.05, 0) is 26.3 Å². The molecule has 6 nitrogen and oxygen atoms in total. The van der Waals surface area contributed by atoms with Gasteiger partial charge >= 0.3 is 12.1 Å². The van der Waals surface area contributed by atoms with E-state index in [1.54, 1.807) is 51.1 Å². The van der Waals surface area contributed by atoms with E-state index in [9.17, 15) is 18.0 Å². The fraction of sp³-hybridized carbons (Fsp3) is 0.353. The molecule has 26 heavy (non-hydrogen) atoms. The van der Waals surface area contributed by atoms with Gasteiger partial charge in [0.25, 0.3) is 5.91 Å². The van der Waals surface area contributed by atoms with Gasteiger partial charge in [0.15, 0.2) is 0 Å². The first-order valence-corrected chi connectivity index (χ1v) is 7.70. The van der Waals surface area contributed by atoms with Crippen molar-refractivity contribution in [3.63, 3.8) is 0 Å². The van der Waals surface area contributed by atoms with Gasteiger partial charge in [-0.2, -0.15) is 18.2 Å². The highest BCUT2D eigenvalue weighted by molar-refractivity contribution is 5.92. The Balaban J connectivity index is 2.23. The van der Waals surface area contributed by atoms with E-state index < -0.39 is 18.1 Å². The van der Waals surface area contributed by atoms with Crippen LogP contribution in [0.1, 0.15) is 38.3 Å². The largest absolute Gasteiger partial charge is 0.471 e. The SMILES string of the molecule is C/C=C(\C)C(=O)N(OC)C(C)c1ccc(-c2noc(C(F)(F)F)n2)cc1. The van der Waals surface area contributed by atoms with Gasteiger partial charge in [-0.1, -0.05) is 35.5 Å². The molecule has 140 valence electrons. The first kappa shape index (κ1) is 19.6. The van der Waals surface area contributed by atoms with Crippen LogP contribution in [0.5, 0.6) is 0 Å². The lowest BCUT2D eigenvalue weighted by Gasteiger charge is -2.27. The first-order chi connectivity index (χ1) is 12.2. The summed E-state index contributed by atoms with van der Waals surface area (Å²) in [5, 5.41) is 4.56. The van der Waals surface area contributed by atoms with E-state index in [0.29, 0.717) is 11.1 Å². The van der Waals surface area contributed by atoms with Gasteiger partial charge in [0.1, 0.15) is 0 Å². The number of hydrogen-bond acceptors (Lipinski definition) is 5. The Hall–Kier alpha value is -2.68. The number of allylic oxidation sites excluding steroid dienone is 1. The maximum absolute atomic E-state index is 12.5. The molecule has 1 aromatic heterocycles. The average molecular weight is 369 g/mol. The Bertz CT molecular complexity index is 798. The number of benzene rings is 1. The molecule has 2 aromatic rings. The van der Waals surface area contributed by atoms with Crippen LogP contribution in [0, 0.1) is 0 Å². The average Bonchev–Trinajstić information content (AvgIpc) is 3.12. The third-order valence-corrected chi connectivity index (χ3v) is 3.84. The minimum Gasteiger partial charge on any atom is -0.329 e. The van der Waals surface area contributed by atoms with E-state index >= 15 is 0 Å². The fourth-order valence-corrected chi connectivity index (χ4v) is 2.22. The summed E-state index contributed by atoms with van der Waals surface area (Å²) in [5.41, 5.74) is 1.62. The second-order valence-corrected chi connectivity index (χ2v) is 5.50. The molecule has 0 N–H and O–H groups in total. The van der Waals surface area contributed by atoms with Crippen molar-refractivity contribution in [1.29, 1.82) is 0 Å². The molecule has 1 unspecified atom stereocenters. The van der Waals surface area contributed by atoms with Crippen molar-refractivity contribution < 1.29 is 27.3 Å². The Morgan fingerprint density at radius 2 is 1.92 bits per heavy atom. The Kier molecular flexibility index (Phi) is 5.81. The molecule has 0 fully saturated rings. The molecular weight excluding hydrogens is 351 g/mol. The molecule has 9 heteroatoms. The van der Waals surface area contributed by atoms with Crippen molar-refractivity contribution in [3.8, 4) is 11.4 Å². The summed E-state index contributed by atoms with van der Waals surface area (Å²) >= 11 is 0. The Morgan fingerprint density at radius 3 is 2.38 bits per heavy atom. The Labute approximate surface area is 148 Å². The highest BCUT2D eigenvalue weighted by Gasteiger charge is 2.38.